The van der Waals surface area contributed by atoms with Crippen molar-refractivity contribution in [3.05, 3.63) is 70.1 Å². The summed E-state index contributed by atoms with van der Waals surface area (Å²) >= 11 is 0. The number of hydrogen-bond donors (Lipinski definition) is 1. The minimum atomic E-state index is -0.735. The predicted molar refractivity (Wildman–Crippen MR) is 130 cm³/mol. The largest absolute Gasteiger partial charge is 0.451 e. The molecule has 0 atom stereocenters. The van der Waals surface area contributed by atoms with Gasteiger partial charge in [0, 0.05) is 17.6 Å². The van der Waals surface area contributed by atoms with Crippen molar-refractivity contribution in [3.8, 4) is 0 Å². The Kier molecular flexibility index (Phi) is 8.35. The second-order valence-electron chi connectivity index (χ2n) is 8.35. The maximum absolute atomic E-state index is 12.9. The van der Waals surface area contributed by atoms with Crippen LogP contribution in [0.1, 0.15) is 68.4 Å². The topological polar surface area (TPSA) is 90.3 Å². The van der Waals surface area contributed by atoms with Crippen LogP contribution in [-0.2, 0) is 16.1 Å². The number of hydrogen-bond acceptors (Lipinski definition) is 5. The first-order valence-corrected chi connectivity index (χ1v) is 11.5. The number of aryl methyl sites for hydroxylation is 1. The van der Waals surface area contributed by atoms with Gasteiger partial charge in [0.1, 0.15) is 0 Å². The van der Waals surface area contributed by atoms with Crippen LogP contribution < -0.4 is 10.9 Å². The van der Waals surface area contributed by atoms with Gasteiger partial charge in [0.15, 0.2) is 12.3 Å². The smallest absolute Gasteiger partial charge is 0.359 e. The number of nitrogens with one attached hydrogen (secondary N) is 1. The molecule has 1 heterocycles. The standard InChI is InChI=1S/C26H31N3O4/c1-4-5-6-11-16-29-25(31)21-14-8-7-13-20(21)24(28-29)26(32)33-17-23(30)27-22-15-10-9-12-19(22)18(2)3/h7-10,12-15,18H,4-6,11,16-17H2,1-3H3,(H,27,30). The van der Waals surface area contributed by atoms with Crippen molar-refractivity contribution in [2.24, 2.45) is 0 Å². The molecule has 0 saturated heterocycles. The van der Waals surface area contributed by atoms with E-state index in [0.29, 0.717) is 23.0 Å². The lowest BCUT2D eigenvalue weighted by Gasteiger charge is -2.14. The van der Waals surface area contributed by atoms with Gasteiger partial charge in [-0.1, -0.05) is 76.4 Å². The fraction of sp³-hybridized carbons (Fsp3) is 0.385. The summed E-state index contributed by atoms with van der Waals surface area (Å²) in [5.41, 5.74) is 1.50. The first kappa shape index (κ1) is 24.2. The molecule has 0 aliphatic rings. The van der Waals surface area contributed by atoms with Crippen LogP contribution >= 0.6 is 0 Å². The number of carbonyl (C=O) groups excluding carboxylic acids is 2. The van der Waals surface area contributed by atoms with Crippen LogP contribution in [0.25, 0.3) is 10.8 Å². The minimum absolute atomic E-state index is 0.0380. The number of fused-ring (bicyclic) bond motifs is 1. The second-order valence-corrected chi connectivity index (χ2v) is 8.35. The van der Waals surface area contributed by atoms with Crippen LogP contribution in [0.4, 0.5) is 5.69 Å². The normalized spacial score (nSPS) is 11.0. The van der Waals surface area contributed by atoms with Gasteiger partial charge in [0.05, 0.1) is 5.39 Å². The van der Waals surface area contributed by atoms with Gasteiger partial charge < -0.3 is 10.1 Å². The summed E-state index contributed by atoms with van der Waals surface area (Å²) in [6.45, 7) is 6.18. The molecule has 7 heteroatoms. The van der Waals surface area contributed by atoms with E-state index in [2.05, 4.69) is 17.3 Å². The number of carbonyl (C=O) groups is 2. The summed E-state index contributed by atoms with van der Waals surface area (Å²) in [5.74, 6) is -0.938. The first-order valence-electron chi connectivity index (χ1n) is 11.5. The van der Waals surface area contributed by atoms with E-state index in [4.69, 9.17) is 4.74 Å². The molecule has 3 rings (SSSR count). The van der Waals surface area contributed by atoms with Gasteiger partial charge in [0.2, 0.25) is 0 Å². The number of benzene rings is 2. The summed E-state index contributed by atoms with van der Waals surface area (Å²) in [6.07, 6.45) is 3.94. The number of nitrogens with zero attached hydrogens (tertiary/aromatic N) is 2. The van der Waals surface area contributed by atoms with Gasteiger partial charge in [-0.3, -0.25) is 9.59 Å². The van der Waals surface area contributed by atoms with E-state index in [0.717, 1.165) is 31.2 Å². The molecule has 0 spiro atoms. The SMILES string of the molecule is CCCCCCn1nc(C(=O)OCC(=O)Nc2ccccc2C(C)C)c2ccccc2c1=O. The fourth-order valence-corrected chi connectivity index (χ4v) is 3.73. The summed E-state index contributed by atoms with van der Waals surface area (Å²) in [4.78, 5) is 38.1. The maximum atomic E-state index is 12.9. The van der Waals surface area contributed by atoms with E-state index in [9.17, 15) is 14.4 Å². The van der Waals surface area contributed by atoms with Crippen molar-refractivity contribution in [1.29, 1.82) is 0 Å². The number of anilines is 1. The zero-order valence-corrected chi connectivity index (χ0v) is 19.5. The molecule has 0 unspecified atom stereocenters. The maximum Gasteiger partial charge on any atom is 0.359 e. The molecule has 1 N–H and O–H groups in total. The first-order chi connectivity index (χ1) is 15.9. The molecule has 0 bridgehead atoms. The van der Waals surface area contributed by atoms with Crippen LogP contribution in [0.2, 0.25) is 0 Å². The summed E-state index contributed by atoms with van der Waals surface area (Å²) in [7, 11) is 0. The number of esters is 1. The molecule has 0 fully saturated rings. The molecular formula is C26H31N3O4. The molecule has 0 aliphatic carbocycles. The van der Waals surface area contributed by atoms with Crippen LogP contribution in [0, 0.1) is 0 Å². The Labute approximate surface area is 193 Å². The predicted octanol–water partition coefficient (Wildman–Crippen LogP) is 4.90. The van der Waals surface area contributed by atoms with E-state index >= 15 is 0 Å². The lowest BCUT2D eigenvalue weighted by atomic mass is 10.0. The van der Waals surface area contributed by atoms with E-state index in [1.165, 1.54) is 4.68 Å². The second kappa shape index (κ2) is 11.4. The van der Waals surface area contributed by atoms with Crippen molar-refractivity contribution in [1.82, 2.24) is 9.78 Å². The Bertz CT molecular complexity index is 1180. The number of para-hydroxylation sites is 1. The Morgan fingerprint density at radius 3 is 2.42 bits per heavy atom. The Hall–Kier alpha value is -3.48. The highest BCUT2D eigenvalue weighted by Crippen LogP contribution is 2.23. The van der Waals surface area contributed by atoms with Crippen molar-refractivity contribution >= 4 is 28.3 Å². The molecule has 33 heavy (non-hydrogen) atoms. The average molecular weight is 450 g/mol. The molecule has 1 amide bonds. The Balaban J connectivity index is 1.76. The lowest BCUT2D eigenvalue weighted by Crippen LogP contribution is -2.28. The quantitative estimate of drug-likeness (QED) is 0.351. The van der Waals surface area contributed by atoms with Gasteiger partial charge in [-0.05, 0) is 30.0 Å². The van der Waals surface area contributed by atoms with Crippen molar-refractivity contribution in [2.45, 2.75) is 58.9 Å². The third-order valence-corrected chi connectivity index (χ3v) is 5.48. The Morgan fingerprint density at radius 2 is 1.70 bits per heavy atom. The van der Waals surface area contributed by atoms with Gasteiger partial charge in [0.25, 0.3) is 11.5 Å². The molecule has 174 valence electrons. The van der Waals surface area contributed by atoms with Crippen molar-refractivity contribution < 1.29 is 14.3 Å². The fourth-order valence-electron chi connectivity index (χ4n) is 3.73. The van der Waals surface area contributed by atoms with Crippen LogP contribution in [0.3, 0.4) is 0 Å². The van der Waals surface area contributed by atoms with E-state index in [1.54, 1.807) is 24.3 Å². The van der Waals surface area contributed by atoms with E-state index in [1.807, 2.05) is 38.1 Å². The minimum Gasteiger partial charge on any atom is -0.451 e. The summed E-state index contributed by atoms with van der Waals surface area (Å²) in [5, 5.41) is 7.93. The highest BCUT2D eigenvalue weighted by Gasteiger charge is 2.19. The Morgan fingerprint density at radius 1 is 1.00 bits per heavy atom. The van der Waals surface area contributed by atoms with Gasteiger partial charge in [-0.2, -0.15) is 5.10 Å². The third-order valence-electron chi connectivity index (χ3n) is 5.48. The molecule has 1 aromatic heterocycles. The molecule has 0 saturated carbocycles. The lowest BCUT2D eigenvalue weighted by molar-refractivity contribution is -0.119. The number of amides is 1. The van der Waals surface area contributed by atoms with Crippen molar-refractivity contribution in [3.63, 3.8) is 0 Å². The number of unbranched alkanes of at least 4 members (excludes halogenated alkanes) is 3. The molecule has 3 aromatic rings. The van der Waals surface area contributed by atoms with Gasteiger partial charge in [-0.15, -0.1) is 0 Å². The van der Waals surface area contributed by atoms with Gasteiger partial charge >= 0.3 is 5.97 Å². The van der Waals surface area contributed by atoms with Crippen LogP contribution in [-0.4, -0.2) is 28.3 Å². The van der Waals surface area contributed by atoms with E-state index < -0.39 is 18.5 Å². The molecule has 0 aliphatic heterocycles. The van der Waals surface area contributed by atoms with Crippen molar-refractivity contribution in [2.75, 3.05) is 11.9 Å². The van der Waals surface area contributed by atoms with E-state index in [-0.39, 0.29) is 17.2 Å². The highest BCUT2D eigenvalue weighted by molar-refractivity contribution is 6.03. The zero-order valence-electron chi connectivity index (χ0n) is 19.5. The third kappa shape index (κ3) is 6.06. The molecular weight excluding hydrogens is 418 g/mol. The van der Waals surface area contributed by atoms with Gasteiger partial charge in [-0.25, -0.2) is 9.48 Å². The summed E-state index contributed by atoms with van der Waals surface area (Å²) in [6, 6.07) is 14.4. The average Bonchev–Trinajstić information content (AvgIpc) is 2.82. The molecule has 0 radical (unpaired) electrons. The monoisotopic (exact) mass is 449 g/mol. The molecule has 7 nitrogen and oxygen atoms in total. The summed E-state index contributed by atoms with van der Waals surface area (Å²) < 4.78 is 6.61. The highest BCUT2D eigenvalue weighted by atomic mass is 16.5. The number of aromatic nitrogens is 2. The zero-order chi connectivity index (χ0) is 23.8. The number of ether oxygens (including phenoxy) is 1. The van der Waals surface area contributed by atoms with Crippen LogP contribution in [0.5, 0.6) is 0 Å². The number of rotatable bonds is 10. The molecule has 2 aromatic carbocycles. The van der Waals surface area contributed by atoms with Crippen LogP contribution in [0.15, 0.2) is 53.3 Å².